The van der Waals surface area contributed by atoms with Crippen LogP contribution in [0.3, 0.4) is 0 Å². The molecule has 26 heavy (non-hydrogen) atoms. The fourth-order valence-electron chi connectivity index (χ4n) is 4.29. The van der Waals surface area contributed by atoms with Gasteiger partial charge in [0.15, 0.2) is 0 Å². The SMILES string of the molecule is Cn1nc(C(C)(C)NC(=O)[C@H]2[C@@H]3CNC[C@@H]32)c2cccc(C(F)(F)F)c21. The monoisotopic (exact) mass is 366 g/mol. The van der Waals surface area contributed by atoms with E-state index in [4.69, 9.17) is 0 Å². The van der Waals surface area contributed by atoms with E-state index in [1.54, 1.807) is 19.9 Å². The van der Waals surface area contributed by atoms with Crippen LogP contribution in [0.2, 0.25) is 0 Å². The van der Waals surface area contributed by atoms with Crippen molar-refractivity contribution in [1.82, 2.24) is 20.4 Å². The van der Waals surface area contributed by atoms with Crippen LogP contribution in [0.25, 0.3) is 10.9 Å². The molecule has 5 nitrogen and oxygen atoms in total. The normalized spacial score (nSPS) is 25.4. The number of hydrogen-bond donors (Lipinski definition) is 2. The number of amides is 1. The minimum Gasteiger partial charge on any atom is -0.345 e. The first kappa shape index (κ1) is 17.3. The smallest absolute Gasteiger partial charge is 0.345 e. The molecule has 140 valence electrons. The second-order valence-corrected chi connectivity index (χ2v) is 7.80. The maximum atomic E-state index is 13.3. The molecule has 2 heterocycles. The van der Waals surface area contributed by atoms with Crippen LogP contribution in [0.5, 0.6) is 0 Å². The summed E-state index contributed by atoms with van der Waals surface area (Å²) in [6.45, 7) is 5.27. The van der Waals surface area contributed by atoms with Crippen LogP contribution >= 0.6 is 0 Å². The average molecular weight is 366 g/mol. The number of carbonyl (C=O) groups is 1. The first-order chi connectivity index (χ1) is 12.1. The van der Waals surface area contributed by atoms with Gasteiger partial charge in [0.1, 0.15) is 0 Å². The fraction of sp³-hybridized carbons (Fsp3) is 0.556. The van der Waals surface area contributed by atoms with Gasteiger partial charge < -0.3 is 10.6 Å². The highest BCUT2D eigenvalue weighted by atomic mass is 19.4. The molecule has 1 aromatic carbocycles. The van der Waals surface area contributed by atoms with Gasteiger partial charge in [-0.1, -0.05) is 12.1 Å². The third-order valence-corrected chi connectivity index (χ3v) is 5.59. The van der Waals surface area contributed by atoms with E-state index in [-0.39, 0.29) is 17.3 Å². The van der Waals surface area contributed by atoms with Crippen molar-refractivity contribution in [1.29, 1.82) is 0 Å². The van der Waals surface area contributed by atoms with Crippen LogP contribution in [0.15, 0.2) is 18.2 Å². The lowest BCUT2D eigenvalue weighted by Gasteiger charge is -2.25. The van der Waals surface area contributed by atoms with Crippen LogP contribution in [0.4, 0.5) is 13.2 Å². The zero-order valence-corrected chi connectivity index (χ0v) is 14.8. The number of rotatable bonds is 3. The molecular weight excluding hydrogens is 345 g/mol. The van der Waals surface area contributed by atoms with E-state index in [9.17, 15) is 18.0 Å². The number of carbonyl (C=O) groups excluding carboxylic acids is 1. The quantitative estimate of drug-likeness (QED) is 0.877. The van der Waals surface area contributed by atoms with Crippen LogP contribution < -0.4 is 10.6 Å². The molecule has 0 bridgehead atoms. The molecule has 1 saturated carbocycles. The van der Waals surface area contributed by atoms with E-state index in [0.29, 0.717) is 22.9 Å². The highest BCUT2D eigenvalue weighted by Gasteiger charge is 2.57. The average Bonchev–Trinajstić information content (AvgIpc) is 2.88. The Labute approximate surface area is 148 Å². The summed E-state index contributed by atoms with van der Waals surface area (Å²) in [4.78, 5) is 12.6. The van der Waals surface area contributed by atoms with Crippen molar-refractivity contribution in [3.63, 3.8) is 0 Å². The number of benzene rings is 1. The van der Waals surface area contributed by atoms with E-state index in [0.717, 1.165) is 19.2 Å². The second-order valence-electron chi connectivity index (χ2n) is 7.80. The standard InChI is InChI=1S/C18H21F3N4O/c1-17(2,23-16(26)13-10-7-22-8-11(10)13)15-9-5-4-6-12(18(19,20)21)14(9)25(3)24-15/h4-6,10-11,13,22H,7-8H2,1-3H3,(H,23,26)/t10-,11+,13+. The molecule has 1 aliphatic heterocycles. The van der Waals surface area contributed by atoms with Crippen molar-refractivity contribution in [3.05, 3.63) is 29.5 Å². The molecular formula is C18H21F3N4O. The van der Waals surface area contributed by atoms with Gasteiger partial charge in [-0.05, 0) is 44.8 Å². The zero-order chi connectivity index (χ0) is 18.9. The van der Waals surface area contributed by atoms with Crippen molar-refractivity contribution in [2.75, 3.05) is 13.1 Å². The van der Waals surface area contributed by atoms with Crippen molar-refractivity contribution in [3.8, 4) is 0 Å². The number of aromatic nitrogens is 2. The maximum Gasteiger partial charge on any atom is 0.418 e. The van der Waals surface area contributed by atoms with Gasteiger partial charge >= 0.3 is 6.18 Å². The molecule has 2 N–H and O–H groups in total. The van der Waals surface area contributed by atoms with Crippen LogP contribution in [0, 0.1) is 17.8 Å². The molecule has 8 heteroatoms. The number of aryl methyl sites for hydroxylation is 1. The molecule has 1 amide bonds. The number of nitrogens with one attached hydrogen (secondary N) is 2. The van der Waals surface area contributed by atoms with Crippen LogP contribution in [-0.4, -0.2) is 28.8 Å². The summed E-state index contributed by atoms with van der Waals surface area (Å²) in [5.74, 6) is 0.708. The summed E-state index contributed by atoms with van der Waals surface area (Å²) < 4.78 is 41.3. The van der Waals surface area contributed by atoms with Gasteiger partial charge in [-0.15, -0.1) is 0 Å². The Kier molecular flexibility index (Phi) is 3.63. The Morgan fingerprint density at radius 2 is 1.92 bits per heavy atom. The highest BCUT2D eigenvalue weighted by Crippen LogP contribution is 2.49. The number of hydrogen-bond acceptors (Lipinski definition) is 3. The molecule has 3 atom stereocenters. The largest absolute Gasteiger partial charge is 0.418 e. The second kappa shape index (κ2) is 5.45. The van der Waals surface area contributed by atoms with Gasteiger partial charge in [-0.2, -0.15) is 18.3 Å². The molecule has 0 unspecified atom stereocenters. The van der Waals surface area contributed by atoms with Crippen LogP contribution in [-0.2, 0) is 23.6 Å². The van der Waals surface area contributed by atoms with Gasteiger partial charge in [0, 0.05) is 18.4 Å². The Balaban J connectivity index is 1.68. The molecule has 1 aliphatic carbocycles. The minimum atomic E-state index is -4.46. The fourth-order valence-corrected chi connectivity index (χ4v) is 4.29. The summed E-state index contributed by atoms with van der Waals surface area (Å²) in [5, 5.41) is 11.0. The van der Waals surface area contributed by atoms with Gasteiger partial charge in [0.25, 0.3) is 0 Å². The predicted octanol–water partition coefficient (Wildman–Crippen LogP) is 2.41. The minimum absolute atomic E-state index is 0.00348. The molecule has 4 rings (SSSR count). The van der Waals surface area contributed by atoms with Gasteiger partial charge in [-0.25, -0.2) is 0 Å². The Hall–Kier alpha value is -2.09. The number of halogens is 3. The Bertz CT molecular complexity index is 876. The summed E-state index contributed by atoms with van der Waals surface area (Å²) in [5.41, 5.74) is -1.12. The van der Waals surface area contributed by atoms with Crippen molar-refractivity contribution in [2.24, 2.45) is 24.8 Å². The van der Waals surface area contributed by atoms with E-state index in [2.05, 4.69) is 15.7 Å². The molecule has 2 aliphatic rings. The number of alkyl halides is 3. The highest BCUT2D eigenvalue weighted by molar-refractivity contribution is 5.88. The lowest BCUT2D eigenvalue weighted by atomic mass is 9.95. The van der Waals surface area contributed by atoms with E-state index in [1.165, 1.54) is 17.8 Å². The summed E-state index contributed by atoms with van der Waals surface area (Å²) in [7, 11) is 1.50. The van der Waals surface area contributed by atoms with Gasteiger partial charge in [0.2, 0.25) is 5.91 Å². The molecule has 0 radical (unpaired) electrons. The topological polar surface area (TPSA) is 59.0 Å². The molecule has 1 saturated heterocycles. The van der Waals surface area contributed by atoms with E-state index in [1.807, 2.05) is 0 Å². The van der Waals surface area contributed by atoms with Crippen molar-refractivity contribution in [2.45, 2.75) is 25.6 Å². The van der Waals surface area contributed by atoms with Gasteiger partial charge in [-0.3, -0.25) is 9.48 Å². The summed E-state index contributed by atoms with van der Waals surface area (Å²) in [6.07, 6.45) is -4.46. The molecule has 0 spiro atoms. The number of piperidine rings is 1. The van der Waals surface area contributed by atoms with Gasteiger partial charge in [0.05, 0.1) is 22.3 Å². The third-order valence-electron chi connectivity index (χ3n) is 5.59. The first-order valence-electron chi connectivity index (χ1n) is 8.67. The molecule has 2 aromatic rings. The predicted molar refractivity (Wildman–Crippen MR) is 90.2 cm³/mol. The van der Waals surface area contributed by atoms with E-state index < -0.39 is 17.3 Å². The number of nitrogens with zero attached hydrogens (tertiary/aromatic N) is 2. The third kappa shape index (κ3) is 2.58. The van der Waals surface area contributed by atoms with Crippen LogP contribution in [0.1, 0.15) is 25.1 Å². The molecule has 2 fully saturated rings. The van der Waals surface area contributed by atoms with E-state index >= 15 is 0 Å². The number of fused-ring (bicyclic) bond motifs is 2. The lowest BCUT2D eigenvalue weighted by molar-refractivity contribution is -0.136. The zero-order valence-electron chi connectivity index (χ0n) is 14.8. The van der Waals surface area contributed by atoms with Crippen molar-refractivity contribution >= 4 is 16.8 Å². The summed E-state index contributed by atoms with van der Waals surface area (Å²) >= 11 is 0. The summed E-state index contributed by atoms with van der Waals surface area (Å²) in [6, 6.07) is 4.06. The Morgan fingerprint density at radius 1 is 1.27 bits per heavy atom. The van der Waals surface area contributed by atoms with Crippen molar-refractivity contribution < 1.29 is 18.0 Å². The maximum absolute atomic E-state index is 13.3. The number of para-hydroxylation sites is 1. The lowest BCUT2D eigenvalue weighted by Crippen LogP contribution is -2.43. The Morgan fingerprint density at radius 3 is 2.54 bits per heavy atom. The first-order valence-corrected chi connectivity index (χ1v) is 8.67. The molecule has 1 aromatic heterocycles.